The predicted molar refractivity (Wildman–Crippen MR) is 114 cm³/mol. The molecule has 1 aliphatic rings. The maximum absolute atomic E-state index is 12.1. The van der Waals surface area contributed by atoms with Crippen molar-refractivity contribution in [2.45, 2.75) is 12.3 Å². The first-order chi connectivity index (χ1) is 14.8. The number of carbonyl (C=O) groups is 2. The van der Waals surface area contributed by atoms with Crippen molar-refractivity contribution in [2.24, 2.45) is 0 Å². The van der Waals surface area contributed by atoms with Crippen LogP contribution in [-0.2, 0) is 4.74 Å². The number of aromatic nitrogens is 1. The summed E-state index contributed by atoms with van der Waals surface area (Å²) < 4.78 is 5.49. The molecule has 0 radical (unpaired) electrons. The van der Waals surface area contributed by atoms with Gasteiger partial charge < -0.3 is 10.1 Å². The molecular formula is C25H20N2O3. The van der Waals surface area contributed by atoms with Gasteiger partial charge in [0, 0.05) is 18.9 Å². The number of pyridine rings is 1. The van der Waals surface area contributed by atoms with E-state index in [-0.39, 0.29) is 12.5 Å². The quantitative estimate of drug-likeness (QED) is 0.399. The number of hydrogen-bond donors (Lipinski definition) is 1. The number of aldehydes is 1. The van der Waals surface area contributed by atoms with Crippen LogP contribution in [0.15, 0.2) is 66.7 Å². The average Bonchev–Trinajstić information content (AvgIpc) is 3.11. The zero-order valence-corrected chi connectivity index (χ0v) is 16.3. The van der Waals surface area contributed by atoms with Gasteiger partial charge in [-0.1, -0.05) is 60.5 Å². The van der Waals surface area contributed by atoms with E-state index in [4.69, 9.17) is 4.74 Å². The minimum Gasteiger partial charge on any atom is -0.449 e. The van der Waals surface area contributed by atoms with Gasteiger partial charge in [-0.25, -0.2) is 9.78 Å². The zero-order chi connectivity index (χ0) is 20.8. The van der Waals surface area contributed by atoms with Crippen molar-refractivity contribution in [1.29, 1.82) is 0 Å². The second kappa shape index (κ2) is 9.06. The van der Waals surface area contributed by atoms with Crippen molar-refractivity contribution in [3.05, 3.63) is 89.2 Å². The third kappa shape index (κ3) is 4.23. The summed E-state index contributed by atoms with van der Waals surface area (Å²) in [6.07, 6.45) is 0.681. The maximum atomic E-state index is 12.1. The normalized spacial score (nSPS) is 11.6. The van der Waals surface area contributed by atoms with E-state index >= 15 is 0 Å². The molecule has 0 spiro atoms. The Bertz CT molecular complexity index is 1100. The summed E-state index contributed by atoms with van der Waals surface area (Å²) >= 11 is 0. The summed E-state index contributed by atoms with van der Waals surface area (Å²) in [5.74, 6) is 5.85. The van der Waals surface area contributed by atoms with Gasteiger partial charge in [0.15, 0.2) is 6.29 Å². The Balaban J connectivity index is 1.29. The molecular weight excluding hydrogens is 376 g/mol. The molecule has 3 aromatic rings. The molecule has 5 nitrogen and oxygen atoms in total. The third-order valence-electron chi connectivity index (χ3n) is 4.97. The van der Waals surface area contributed by atoms with Gasteiger partial charge in [0.2, 0.25) is 0 Å². The van der Waals surface area contributed by atoms with Crippen LogP contribution in [0.5, 0.6) is 0 Å². The van der Waals surface area contributed by atoms with Crippen LogP contribution in [0.1, 0.15) is 39.6 Å². The molecule has 5 heteroatoms. The highest BCUT2D eigenvalue weighted by Gasteiger charge is 2.28. The van der Waals surface area contributed by atoms with Crippen LogP contribution < -0.4 is 5.32 Å². The molecule has 30 heavy (non-hydrogen) atoms. The van der Waals surface area contributed by atoms with Gasteiger partial charge in [0.05, 0.1) is 0 Å². The highest BCUT2D eigenvalue weighted by molar-refractivity contribution is 5.79. The fourth-order valence-electron chi connectivity index (χ4n) is 3.62. The Morgan fingerprint density at radius 1 is 1.00 bits per heavy atom. The molecule has 148 valence electrons. The van der Waals surface area contributed by atoms with Crippen LogP contribution in [0.3, 0.4) is 0 Å². The molecule has 1 heterocycles. The lowest BCUT2D eigenvalue weighted by molar-refractivity contribution is 0.111. The van der Waals surface area contributed by atoms with Crippen LogP contribution in [0.2, 0.25) is 0 Å². The zero-order valence-electron chi connectivity index (χ0n) is 16.3. The molecule has 1 N–H and O–H groups in total. The number of hydrogen-bond acceptors (Lipinski definition) is 4. The van der Waals surface area contributed by atoms with Crippen molar-refractivity contribution >= 4 is 12.4 Å². The van der Waals surface area contributed by atoms with Crippen molar-refractivity contribution in [1.82, 2.24) is 10.3 Å². The number of ether oxygens (including phenoxy) is 1. The second-order valence-corrected chi connectivity index (χ2v) is 6.87. The monoisotopic (exact) mass is 396 g/mol. The molecule has 1 aromatic heterocycles. The van der Waals surface area contributed by atoms with Crippen LogP contribution in [0.25, 0.3) is 11.1 Å². The van der Waals surface area contributed by atoms with E-state index in [9.17, 15) is 9.59 Å². The Morgan fingerprint density at radius 3 is 2.40 bits per heavy atom. The second-order valence-electron chi connectivity index (χ2n) is 6.87. The van der Waals surface area contributed by atoms with Crippen molar-refractivity contribution in [3.63, 3.8) is 0 Å². The summed E-state index contributed by atoms with van der Waals surface area (Å²) in [7, 11) is 0. The van der Waals surface area contributed by atoms with Gasteiger partial charge in [-0.15, -0.1) is 0 Å². The summed E-state index contributed by atoms with van der Waals surface area (Å²) in [4.78, 5) is 26.9. The number of fused-ring (bicyclic) bond motifs is 3. The van der Waals surface area contributed by atoms with E-state index in [2.05, 4.69) is 46.4 Å². The number of benzene rings is 2. The van der Waals surface area contributed by atoms with E-state index in [1.54, 1.807) is 18.2 Å². The van der Waals surface area contributed by atoms with Gasteiger partial charge in [-0.2, -0.15) is 0 Å². The Hall–Kier alpha value is -3.91. The largest absolute Gasteiger partial charge is 0.449 e. The van der Waals surface area contributed by atoms with Crippen LogP contribution in [0, 0.1) is 11.8 Å². The van der Waals surface area contributed by atoms with Crippen molar-refractivity contribution < 1.29 is 14.3 Å². The molecule has 0 unspecified atom stereocenters. The maximum Gasteiger partial charge on any atom is 0.407 e. The molecule has 0 saturated heterocycles. The van der Waals surface area contributed by atoms with Gasteiger partial charge in [0.25, 0.3) is 0 Å². The number of carbonyl (C=O) groups excluding carboxylic acids is 2. The van der Waals surface area contributed by atoms with Crippen LogP contribution in [-0.4, -0.2) is 30.5 Å². The number of nitrogens with one attached hydrogen (secondary N) is 1. The first kappa shape index (κ1) is 19.4. The number of alkyl carbamates (subject to hydrolysis) is 1. The fourth-order valence-corrected chi connectivity index (χ4v) is 3.62. The van der Waals surface area contributed by atoms with Gasteiger partial charge >= 0.3 is 6.09 Å². The Morgan fingerprint density at radius 2 is 1.70 bits per heavy atom. The third-order valence-corrected chi connectivity index (χ3v) is 4.97. The van der Waals surface area contributed by atoms with E-state index in [0.717, 1.165) is 0 Å². The molecule has 0 saturated carbocycles. The van der Waals surface area contributed by atoms with E-state index in [1.807, 2.05) is 24.3 Å². The van der Waals surface area contributed by atoms with Crippen LogP contribution in [0.4, 0.5) is 4.79 Å². The number of rotatable bonds is 5. The molecule has 1 amide bonds. The van der Waals surface area contributed by atoms with E-state index in [0.29, 0.717) is 30.6 Å². The standard InChI is InChI=1S/C25H20N2O3/c28-16-19-10-7-9-18(27-19)8-5-6-15-26-25(29)30-17-24-22-13-3-1-11-20(22)21-12-2-4-14-23(21)24/h1-4,7,9-14,16,24H,6,15,17H2,(H,26,29). The molecule has 1 aliphatic carbocycles. The smallest absolute Gasteiger partial charge is 0.407 e. The van der Waals surface area contributed by atoms with E-state index < -0.39 is 6.09 Å². The highest BCUT2D eigenvalue weighted by atomic mass is 16.5. The van der Waals surface area contributed by atoms with E-state index in [1.165, 1.54) is 22.3 Å². The molecule has 0 aliphatic heterocycles. The van der Waals surface area contributed by atoms with Crippen LogP contribution >= 0.6 is 0 Å². The molecule has 2 aromatic carbocycles. The first-order valence-electron chi connectivity index (χ1n) is 9.76. The predicted octanol–water partition coefficient (Wildman–Crippen LogP) is 4.17. The lowest BCUT2D eigenvalue weighted by Gasteiger charge is -2.14. The molecule has 0 atom stereocenters. The lowest BCUT2D eigenvalue weighted by Crippen LogP contribution is -2.26. The average molecular weight is 396 g/mol. The minimum atomic E-state index is -0.459. The topological polar surface area (TPSA) is 68.3 Å². The Kier molecular flexibility index (Phi) is 5.86. The Labute approximate surface area is 175 Å². The fraction of sp³-hybridized carbons (Fsp3) is 0.160. The summed E-state index contributed by atoms with van der Waals surface area (Å²) in [6, 6.07) is 21.5. The van der Waals surface area contributed by atoms with Gasteiger partial charge in [0.1, 0.15) is 18.0 Å². The summed E-state index contributed by atoms with van der Waals surface area (Å²) in [6.45, 7) is 0.658. The molecule has 4 rings (SSSR count). The SMILES string of the molecule is O=Cc1cccc(C#CCCNC(=O)OCC2c3ccccc3-c3ccccc32)n1. The summed E-state index contributed by atoms with van der Waals surface area (Å²) in [5, 5.41) is 2.72. The molecule has 0 fully saturated rings. The summed E-state index contributed by atoms with van der Waals surface area (Å²) in [5.41, 5.74) is 5.64. The lowest BCUT2D eigenvalue weighted by atomic mass is 9.98. The highest BCUT2D eigenvalue weighted by Crippen LogP contribution is 2.44. The number of amides is 1. The minimum absolute atomic E-state index is 0.0408. The first-order valence-corrected chi connectivity index (χ1v) is 9.76. The van der Waals surface area contributed by atoms with Gasteiger partial charge in [-0.05, 0) is 40.3 Å². The van der Waals surface area contributed by atoms with Crippen molar-refractivity contribution in [3.8, 4) is 23.0 Å². The number of nitrogens with zero attached hydrogens (tertiary/aromatic N) is 1. The van der Waals surface area contributed by atoms with Gasteiger partial charge in [-0.3, -0.25) is 4.79 Å². The molecule has 0 bridgehead atoms. The van der Waals surface area contributed by atoms with Crippen molar-refractivity contribution in [2.75, 3.05) is 13.2 Å².